The molecule has 2 unspecified atom stereocenters. The summed E-state index contributed by atoms with van der Waals surface area (Å²) in [6.07, 6.45) is 11.7. The third kappa shape index (κ3) is 3.37. The zero-order valence-corrected chi connectivity index (χ0v) is 13.5. The Morgan fingerprint density at radius 2 is 1.74 bits per heavy atom. The van der Waals surface area contributed by atoms with Crippen LogP contribution in [-0.2, 0) is 0 Å². The van der Waals surface area contributed by atoms with Crippen molar-refractivity contribution < 1.29 is 0 Å². The summed E-state index contributed by atoms with van der Waals surface area (Å²) < 4.78 is 0. The van der Waals surface area contributed by atoms with Gasteiger partial charge >= 0.3 is 0 Å². The van der Waals surface area contributed by atoms with Crippen molar-refractivity contribution in [1.29, 1.82) is 0 Å². The van der Waals surface area contributed by atoms with Gasteiger partial charge in [-0.05, 0) is 73.4 Å². The highest BCUT2D eigenvalue weighted by atomic mass is 14.8. The molecule has 2 nitrogen and oxygen atoms in total. The van der Waals surface area contributed by atoms with Gasteiger partial charge in [0.25, 0.3) is 0 Å². The van der Waals surface area contributed by atoms with Gasteiger partial charge in [0.05, 0.1) is 0 Å². The van der Waals surface area contributed by atoms with Crippen LogP contribution in [0.2, 0.25) is 0 Å². The van der Waals surface area contributed by atoms with Gasteiger partial charge < -0.3 is 5.32 Å². The standard InChI is InChI=1S/C21H24N2/c1-2-4-18(5-3-1)20-13-21(15-23-14-20)19-11-16-6-8-22-9-7-17(10-16)12-19/h1-5,11,13-17,22H,6-10,12H2. The minimum absolute atomic E-state index is 0.733. The van der Waals surface area contributed by atoms with Gasteiger partial charge in [0.15, 0.2) is 0 Å². The summed E-state index contributed by atoms with van der Waals surface area (Å²) in [4.78, 5) is 4.52. The van der Waals surface area contributed by atoms with Crippen LogP contribution in [0.5, 0.6) is 0 Å². The maximum Gasteiger partial charge on any atom is 0.0346 e. The van der Waals surface area contributed by atoms with E-state index >= 15 is 0 Å². The Morgan fingerprint density at radius 1 is 0.913 bits per heavy atom. The summed E-state index contributed by atoms with van der Waals surface area (Å²) >= 11 is 0. The Labute approximate surface area is 138 Å². The van der Waals surface area contributed by atoms with Crippen molar-refractivity contribution in [3.8, 4) is 11.1 Å². The predicted octanol–water partition coefficient (Wildman–Crippen LogP) is 4.54. The molecule has 4 rings (SSSR count). The van der Waals surface area contributed by atoms with Gasteiger partial charge in [-0.25, -0.2) is 0 Å². The fourth-order valence-electron chi connectivity index (χ4n) is 4.00. The van der Waals surface area contributed by atoms with Crippen molar-refractivity contribution in [3.05, 3.63) is 60.4 Å². The molecule has 0 amide bonds. The zero-order valence-electron chi connectivity index (χ0n) is 13.5. The summed E-state index contributed by atoms with van der Waals surface area (Å²) in [5.74, 6) is 1.56. The van der Waals surface area contributed by atoms with E-state index in [0.717, 1.165) is 18.4 Å². The lowest BCUT2D eigenvalue weighted by Gasteiger charge is -2.31. The van der Waals surface area contributed by atoms with Crippen molar-refractivity contribution in [3.63, 3.8) is 0 Å². The third-order valence-corrected chi connectivity index (χ3v) is 5.22. The lowest BCUT2D eigenvalue weighted by molar-refractivity contribution is 0.334. The molecule has 1 aliphatic carbocycles. The molecule has 1 aliphatic heterocycles. The number of nitrogens with one attached hydrogen (secondary N) is 1. The maximum atomic E-state index is 4.52. The molecule has 2 aromatic rings. The lowest BCUT2D eigenvalue weighted by Crippen LogP contribution is -2.28. The highest BCUT2D eigenvalue weighted by molar-refractivity contribution is 5.72. The van der Waals surface area contributed by atoms with Crippen LogP contribution >= 0.6 is 0 Å². The summed E-state index contributed by atoms with van der Waals surface area (Å²) in [6.45, 7) is 2.33. The first-order chi connectivity index (χ1) is 11.4. The smallest absolute Gasteiger partial charge is 0.0346 e. The van der Waals surface area contributed by atoms with Crippen LogP contribution in [0.1, 0.15) is 31.2 Å². The van der Waals surface area contributed by atoms with Gasteiger partial charge in [-0.15, -0.1) is 0 Å². The quantitative estimate of drug-likeness (QED) is 0.881. The van der Waals surface area contributed by atoms with Crippen molar-refractivity contribution in [2.45, 2.75) is 25.7 Å². The highest BCUT2D eigenvalue weighted by Crippen LogP contribution is 2.38. The Balaban J connectivity index is 1.65. The molecule has 2 heteroatoms. The van der Waals surface area contributed by atoms with Crippen molar-refractivity contribution in [1.82, 2.24) is 10.3 Å². The third-order valence-electron chi connectivity index (χ3n) is 5.22. The number of allylic oxidation sites excluding steroid dienone is 2. The van der Waals surface area contributed by atoms with E-state index in [0.29, 0.717) is 0 Å². The molecule has 2 atom stereocenters. The SMILES string of the molecule is C1=C(c2cncc(-c3ccccc3)c2)CC2CCNCCC1C2. The molecule has 1 aromatic heterocycles. The van der Waals surface area contributed by atoms with E-state index in [-0.39, 0.29) is 0 Å². The highest BCUT2D eigenvalue weighted by Gasteiger charge is 2.24. The molecule has 1 aromatic carbocycles. The number of benzene rings is 1. The Morgan fingerprint density at radius 3 is 2.65 bits per heavy atom. The van der Waals surface area contributed by atoms with Gasteiger partial charge in [-0.3, -0.25) is 4.98 Å². The van der Waals surface area contributed by atoms with Gasteiger partial charge in [0, 0.05) is 18.0 Å². The van der Waals surface area contributed by atoms with Crippen molar-refractivity contribution in [2.24, 2.45) is 11.8 Å². The van der Waals surface area contributed by atoms with Crippen LogP contribution in [0.4, 0.5) is 0 Å². The van der Waals surface area contributed by atoms with Crippen LogP contribution in [0, 0.1) is 11.8 Å². The minimum atomic E-state index is 0.733. The molecule has 2 heterocycles. The van der Waals surface area contributed by atoms with Crippen molar-refractivity contribution >= 4 is 5.57 Å². The maximum absolute atomic E-state index is 4.52. The molecule has 1 saturated heterocycles. The fraction of sp³-hybridized carbons (Fsp3) is 0.381. The molecule has 0 radical (unpaired) electrons. The normalized spacial score (nSPS) is 24.4. The van der Waals surface area contributed by atoms with Crippen LogP contribution < -0.4 is 5.32 Å². The second kappa shape index (κ2) is 6.67. The zero-order chi connectivity index (χ0) is 15.5. The second-order valence-electron chi connectivity index (χ2n) is 6.91. The molecule has 0 saturated carbocycles. The molecule has 23 heavy (non-hydrogen) atoms. The van der Waals surface area contributed by atoms with Gasteiger partial charge in [-0.2, -0.15) is 0 Å². The minimum Gasteiger partial charge on any atom is -0.317 e. The van der Waals surface area contributed by atoms with Crippen LogP contribution in [0.3, 0.4) is 0 Å². The number of aromatic nitrogens is 1. The monoisotopic (exact) mass is 304 g/mol. The average molecular weight is 304 g/mol. The second-order valence-corrected chi connectivity index (χ2v) is 6.91. The van der Waals surface area contributed by atoms with E-state index in [9.17, 15) is 0 Å². The van der Waals surface area contributed by atoms with Crippen LogP contribution in [0.15, 0.2) is 54.9 Å². The van der Waals surface area contributed by atoms with Gasteiger partial charge in [0.2, 0.25) is 0 Å². The summed E-state index contributed by atoms with van der Waals surface area (Å²) in [6, 6.07) is 12.9. The molecule has 1 fully saturated rings. The van der Waals surface area contributed by atoms with E-state index in [1.807, 2.05) is 12.4 Å². The van der Waals surface area contributed by atoms with E-state index in [4.69, 9.17) is 0 Å². The largest absolute Gasteiger partial charge is 0.317 e. The van der Waals surface area contributed by atoms with E-state index < -0.39 is 0 Å². The molecular weight excluding hydrogens is 280 g/mol. The average Bonchev–Trinajstić information content (AvgIpc) is 2.61. The van der Waals surface area contributed by atoms with E-state index in [1.54, 1.807) is 0 Å². The fourth-order valence-corrected chi connectivity index (χ4v) is 4.00. The first kappa shape index (κ1) is 14.6. The van der Waals surface area contributed by atoms with E-state index in [2.05, 4.69) is 52.8 Å². The van der Waals surface area contributed by atoms with Crippen molar-refractivity contribution in [2.75, 3.05) is 13.1 Å². The number of pyridine rings is 1. The molecular formula is C21H24N2. The summed E-state index contributed by atoms with van der Waals surface area (Å²) in [5.41, 5.74) is 5.29. The predicted molar refractivity (Wildman–Crippen MR) is 96.0 cm³/mol. The molecule has 0 spiro atoms. The number of hydrogen-bond donors (Lipinski definition) is 1. The number of fused-ring (bicyclic) bond motifs is 2. The van der Waals surface area contributed by atoms with E-state index in [1.165, 1.54) is 54.5 Å². The van der Waals surface area contributed by atoms with Gasteiger partial charge in [-0.1, -0.05) is 36.4 Å². The first-order valence-electron chi connectivity index (χ1n) is 8.81. The van der Waals surface area contributed by atoms with Gasteiger partial charge in [0.1, 0.15) is 0 Å². The number of hydrogen-bond acceptors (Lipinski definition) is 2. The Bertz CT molecular complexity index is 690. The lowest BCUT2D eigenvalue weighted by atomic mass is 9.77. The molecule has 118 valence electrons. The molecule has 2 aliphatic rings. The topological polar surface area (TPSA) is 24.9 Å². The summed E-state index contributed by atoms with van der Waals surface area (Å²) in [5, 5.41) is 3.56. The van der Waals surface area contributed by atoms with Crippen LogP contribution in [0.25, 0.3) is 16.7 Å². The first-order valence-corrected chi connectivity index (χ1v) is 8.81. The summed E-state index contributed by atoms with van der Waals surface area (Å²) in [7, 11) is 0. The molecule has 1 N–H and O–H groups in total. The molecule has 2 bridgehead atoms. The Kier molecular flexibility index (Phi) is 4.25. The number of nitrogens with zero attached hydrogens (tertiary/aromatic N) is 1. The number of rotatable bonds is 2. The van der Waals surface area contributed by atoms with Crippen LogP contribution in [-0.4, -0.2) is 18.1 Å². The Hall–Kier alpha value is -1.93.